The van der Waals surface area contributed by atoms with Crippen molar-refractivity contribution >= 4 is 29.1 Å². The third-order valence-corrected chi connectivity index (χ3v) is 4.25. The van der Waals surface area contributed by atoms with Crippen LogP contribution in [-0.2, 0) is 16.0 Å². The van der Waals surface area contributed by atoms with Crippen molar-refractivity contribution in [2.45, 2.75) is 38.5 Å². The molecule has 1 aromatic rings. The van der Waals surface area contributed by atoms with Crippen molar-refractivity contribution in [1.82, 2.24) is 16.2 Å². The summed E-state index contributed by atoms with van der Waals surface area (Å²) in [5.41, 5.74) is 5.89. The van der Waals surface area contributed by atoms with E-state index in [-0.39, 0.29) is 23.3 Å². The van der Waals surface area contributed by atoms with Crippen LogP contribution in [0.4, 0.5) is 0 Å². The van der Waals surface area contributed by atoms with Gasteiger partial charge in [0, 0.05) is 6.42 Å². The molecule has 6 nitrogen and oxygen atoms in total. The van der Waals surface area contributed by atoms with E-state index in [4.69, 9.17) is 17.0 Å². The molecule has 24 heavy (non-hydrogen) atoms. The number of hydrogen-bond acceptors (Lipinski definition) is 4. The first-order valence-corrected chi connectivity index (χ1v) is 8.49. The van der Waals surface area contributed by atoms with E-state index in [1.165, 1.54) is 12.8 Å². The van der Waals surface area contributed by atoms with E-state index in [2.05, 4.69) is 16.2 Å². The average Bonchev–Trinajstić information content (AvgIpc) is 3.06. The molecule has 0 bridgehead atoms. The third kappa shape index (κ3) is 6.16. The topological polar surface area (TPSA) is 79.5 Å². The molecule has 130 valence electrons. The first-order chi connectivity index (χ1) is 11.6. The van der Waals surface area contributed by atoms with Gasteiger partial charge in [-0.15, -0.1) is 0 Å². The molecule has 2 amide bonds. The average molecular weight is 349 g/mol. The Hall–Kier alpha value is -2.15. The highest BCUT2D eigenvalue weighted by Gasteiger charge is 2.18. The van der Waals surface area contributed by atoms with Gasteiger partial charge in [0.2, 0.25) is 11.8 Å². The van der Waals surface area contributed by atoms with E-state index in [1.54, 1.807) is 19.2 Å². The molecule has 0 radical (unpaired) electrons. The van der Waals surface area contributed by atoms with Gasteiger partial charge in [-0.3, -0.25) is 20.4 Å². The van der Waals surface area contributed by atoms with Crippen LogP contribution >= 0.6 is 12.2 Å². The van der Waals surface area contributed by atoms with E-state index in [0.717, 1.165) is 24.2 Å². The maximum atomic E-state index is 11.9. The number of nitrogens with one attached hydrogen (secondary N) is 3. The lowest BCUT2D eigenvalue weighted by Gasteiger charge is -2.12. The number of hydrogen-bond donors (Lipinski definition) is 3. The van der Waals surface area contributed by atoms with Gasteiger partial charge >= 0.3 is 0 Å². The fraction of sp³-hybridized carbons (Fsp3) is 0.471. The monoisotopic (exact) mass is 349 g/mol. The van der Waals surface area contributed by atoms with Crippen LogP contribution in [-0.4, -0.2) is 24.0 Å². The zero-order valence-electron chi connectivity index (χ0n) is 13.8. The van der Waals surface area contributed by atoms with E-state index in [1.807, 2.05) is 12.1 Å². The smallest absolute Gasteiger partial charge is 0.242 e. The number of hydrazine groups is 1. The van der Waals surface area contributed by atoms with Crippen molar-refractivity contribution < 1.29 is 14.3 Å². The van der Waals surface area contributed by atoms with Gasteiger partial charge in [0.1, 0.15) is 5.75 Å². The molecular weight excluding hydrogens is 326 g/mol. The Labute approximate surface area is 147 Å². The summed E-state index contributed by atoms with van der Waals surface area (Å²) in [7, 11) is 1.59. The summed E-state index contributed by atoms with van der Waals surface area (Å²) in [6, 6.07) is 7.23. The molecule has 2 rings (SSSR count). The molecule has 3 N–H and O–H groups in total. The molecule has 0 saturated heterocycles. The third-order valence-electron chi connectivity index (χ3n) is 4.04. The number of carbonyl (C=O) groups is 2. The number of rotatable bonds is 5. The van der Waals surface area contributed by atoms with E-state index < -0.39 is 0 Å². The molecule has 1 aliphatic carbocycles. The van der Waals surface area contributed by atoms with Crippen LogP contribution in [0.2, 0.25) is 0 Å². The fourth-order valence-corrected chi connectivity index (χ4v) is 2.95. The minimum atomic E-state index is -0.243. The normalized spacial score (nSPS) is 14.0. The predicted molar refractivity (Wildman–Crippen MR) is 95.3 cm³/mol. The van der Waals surface area contributed by atoms with Crippen LogP contribution in [0.15, 0.2) is 24.3 Å². The van der Waals surface area contributed by atoms with Crippen LogP contribution < -0.4 is 20.9 Å². The molecule has 0 aromatic heterocycles. The van der Waals surface area contributed by atoms with Crippen LogP contribution in [0.25, 0.3) is 0 Å². The minimum absolute atomic E-state index is 0.108. The highest BCUT2D eigenvalue weighted by atomic mass is 32.1. The highest BCUT2D eigenvalue weighted by Crippen LogP contribution is 2.27. The second-order valence-corrected chi connectivity index (χ2v) is 6.34. The lowest BCUT2D eigenvalue weighted by molar-refractivity contribution is -0.122. The number of carbonyl (C=O) groups excluding carboxylic acids is 2. The van der Waals surface area contributed by atoms with E-state index in [0.29, 0.717) is 12.3 Å². The van der Waals surface area contributed by atoms with Crippen molar-refractivity contribution in [1.29, 1.82) is 0 Å². The highest BCUT2D eigenvalue weighted by molar-refractivity contribution is 7.80. The number of benzene rings is 1. The van der Waals surface area contributed by atoms with Crippen molar-refractivity contribution in [3.8, 4) is 5.75 Å². The van der Waals surface area contributed by atoms with Gasteiger partial charge in [-0.1, -0.05) is 25.0 Å². The van der Waals surface area contributed by atoms with Gasteiger partial charge in [-0.2, -0.15) is 0 Å². The molecule has 0 unspecified atom stereocenters. The second-order valence-electron chi connectivity index (χ2n) is 5.93. The Morgan fingerprint density at radius 2 is 1.79 bits per heavy atom. The summed E-state index contributed by atoms with van der Waals surface area (Å²) in [5, 5.41) is 2.70. The first-order valence-electron chi connectivity index (χ1n) is 8.08. The summed E-state index contributed by atoms with van der Waals surface area (Å²) in [6.45, 7) is 0. The molecule has 7 heteroatoms. The van der Waals surface area contributed by atoms with E-state index in [9.17, 15) is 9.59 Å². The van der Waals surface area contributed by atoms with Gasteiger partial charge in [0.05, 0.1) is 13.5 Å². The second kappa shape index (κ2) is 9.22. The van der Waals surface area contributed by atoms with Gasteiger partial charge in [-0.05, 0) is 48.7 Å². The van der Waals surface area contributed by atoms with Crippen LogP contribution in [0.1, 0.15) is 37.7 Å². The molecule has 1 aromatic carbocycles. The number of amides is 2. The zero-order valence-corrected chi connectivity index (χ0v) is 14.6. The van der Waals surface area contributed by atoms with Crippen LogP contribution in [0, 0.1) is 5.92 Å². The lowest BCUT2D eigenvalue weighted by Crippen LogP contribution is -2.49. The molecule has 0 atom stereocenters. The maximum absolute atomic E-state index is 11.9. The summed E-state index contributed by atoms with van der Waals surface area (Å²) in [4.78, 5) is 23.7. The molecule has 0 heterocycles. The number of methoxy groups -OCH3 is 1. The Morgan fingerprint density at radius 1 is 1.12 bits per heavy atom. The van der Waals surface area contributed by atoms with Crippen LogP contribution in [0.3, 0.4) is 0 Å². The molecule has 1 fully saturated rings. The molecule has 1 aliphatic rings. The molecule has 0 spiro atoms. The van der Waals surface area contributed by atoms with Gasteiger partial charge in [-0.25, -0.2) is 0 Å². The van der Waals surface area contributed by atoms with Gasteiger partial charge in [0.25, 0.3) is 0 Å². The van der Waals surface area contributed by atoms with Crippen molar-refractivity contribution in [3.63, 3.8) is 0 Å². The summed E-state index contributed by atoms with van der Waals surface area (Å²) >= 11 is 5.01. The summed E-state index contributed by atoms with van der Waals surface area (Å²) < 4.78 is 5.07. The Kier molecular flexibility index (Phi) is 6.99. The Bertz CT molecular complexity index is 583. The summed E-state index contributed by atoms with van der Waals surface area (Å²) in [5.74, 6) is 0.845. The molecule has 0 aliphatic heterocycles. The predicted octanol–water partition coefficient (Wildman–Crippen LogP) is 1.84. The largest absolute Gasteiger partial charge is 0.497 e. The quantitative estimate of drug-likeness (QED) is 0.558. The van der Waals surface area contributed by atoms with Gasteiger partial charge in [0.15, 0.2) is 5.11 Å². The van der Waals surface area contributed by atoms with E-state index >= 15 is 0 Å². The SMILES string of the molecule is COc1ccc(CC(=O)NNC(=S)NC(=O)CC2CCCC2)cc1. The number of ether oxygens (including phenoxy) is 1. The van der Waals surface area contributed by atoms with Crippen LogP contribution in [0.5, 0.6) is 5.75 Å². The summed E-state index contributed by atoms with van der Waals surface area (Å²) in [6.07, 6.45) is 5.29. The molecule has 1 saturated carbocycles. The van der Waals surface area contributed by atoms with Gasteiger partial charge < -0.3 is 10.1 Å². The first kappa shape index (κ1) is 18.2. The number of thiocarbonyl (C=S) groups is 1. The van der Waals surface area contributed by atoms with Crippen molar-refractivity contribution in [3.05, 3.63) is 29.8 Å². The fourth-order valence-electron chi connectivity index (χ4n) is 2.79. The minimum Gasteiger partial charge on any atom is -0.497 e. The lowest BCUT2D eigenvalue weighted by atomic mass is 10.0. The molecular formula is C17H23N3O3S. The van der Waals surface area contributed by atoms with Crippen molar-refractivity contribution in [2.75, 3.05) is 7.11 Å². The zero-order chi connectivity index (χ0) is 17.4. The Balaban J connectivity index is 1.66. The Morgan fingerprint density at radius 3 is 2.42 bits per heavy atom. The maximum Gasteiger partial charge on any atom is 0.242 e. The standard InChI is InChI=1S/C17H23N3O3S/c1-23-14-8-6-13(7-9-14)11-16(22)19-20-17(24)18-15(21)10-12-4-2-3-5-12/h6-9,12H,2-5,10-11H2,1H3,(H,19,22)(H2,18,20,21,24). The van der Waals surface area contributed by atoms with Crippen molar-refractivity contribution in [2.24, 2.45) is 5.92 Å².